The van der Waals surface area contributed by atoms with Crippen molar-refractivity contribution in [2.24, 2.45) is 5.92 Å². The number of hydrogen-bond donors (Lipinski definition) is 0. The van der Waals surface area contributed by atoms with E-state index in [9.17, 15) is 9.59 Å². The first-order valence-electron chi connectivity index (χ1n) is 10.6. The maximum Gasteiger partial charge on any atom is 0.276 e. The van der Waals surface area contributed by atoms with Gasteiger partial charge in [0.1, 0.15) is 16.7 Å². The molecule has 3 heterocycles. The monoisotopic (exact) mass is 447 g/mol. The molecule has 0 saturated heterocycles. The van der Waals surface area contributed by atoms with Crippen LogP contribution in [0.4, 0.5) is 10.1 Å². The largest absolute Gasteiger partial charge is 0.478 e. The van der Waals surface area contributed by atoms with Crippen molar-refractivity contribution in [3.05, 3.63) is 45.6 Å². The second kappa shape index (κ2) is 8.19. The van der Waals surface area contributed by atoms with Crippen LogP contribution in [-0.4, -0.2) is 27.9 Å². The standard InChI is InChI=1S/C23H27ClFN3O3/c1-13(2)9-19-22(29)26(12-14(3)4)17-10-15(16(25)11-18(17)31-19)20-21(24)27-7-5-6-8-28(27)23(20)30/h10-11,13,19H,3,5-9,12H2,1-2,4H3. The van der Waals surface area contributed by atoms with Crippen molar-refractivity contribution in [3.8, 4) is 16.9 Å². The van der Waals surface area contributed by atoms with E-state index in [2.05, 4.69) is 6.58 Å². The van der Waals surface area contributed by atoms with Gasteiger partial charge in [-0.3, -0.25) is 14.3 Å². The Kier molecular flexibility index (Phi) is 5.73. The molecule has 2 aliphatic heterocycles. The molecule has 6 nitrogen and oxygen atoms in total. The molecule has 4 rings (SSSR count). The van der Waals surface area contributed by atoms with Gasteiger partial charge in [0.05, 0.1) is 11.3 Å². The highest BCUT2D eigenvalue weighted by atomic mass is 35.5. The van der Waals surface area contributed by atoms with Crippen LogP contribution in [0.3, 0.4) is 0 Å². The summed E-state index contributed by atoms with van der Waals surface area (Å²) in [7, 11) is 0. The van der Waals surface area contributed by atoms with Gasteiger partial charge in [0.25, 0.3) is 11.5 Å². The number of hydrogen-bond acceptors (Lipinski definition) is 3. The summed E-state index contributed by atoms with van der Waals surface area (Å²) < 4.78 is 24.4. The van der Waals surface area contributed by atoms with E-state index in [4.69, 9.17) is 16.3 Å². The third-order valence-electron chi connectivity index (χ3n) is 5.70. The molecule has 1 amide bonds. The highest BCUT2D eigenvalue weighted by Gasteiger charge is 2.36. The number of anilines is 1. The number of nitrogens with zero attached hydrogens (tertiary/aromatic N) is 3. The quantitative estimate of drug-likeness (QED) is 0.628. The third kappa shape index (κ3) is 3.80. The molecule has 2 aliphatic rings. The first kappa shape index (κ1) is 21.7. The fourth-order valence-electron chi connectivity index (χ4n) is 4.30. The fourth-order valence-corrected chi connectivity index (χ4v) is 4.66. The van der Waals surface area contributed by atoms with Crippen molar-refractivity contribution in [2.75, 3.05) is 11.4 Å². The van der Waals surface area contributed by atoms with Gasteiger partial charge in [-0.15, -0.1) is 0 Å². The number of carbonyl (C=O) groups excluding carboxylic acids is 1. The van der Waals surface area contributed by atoms with Crippen LogP contribution in [0.2, 0.25) is 5.15 Å². The highest BCUT2D eigenvalue weighted by Crippen LogP contribution is 2.41. The zero-order valence-corrected chi connectivity index (χ0v) is 18.8. The second-order valence-electron chi connectivity index (χ2n) is 8.84. The lowest BCUT2D eigenvalue weighted by Crippen LogP contribution is -2.47. The number of benzene rings is 1. The van der Waals surface area contributed by atoms with E-state index < -0.39 is 11.9 Å². The normalized spacial score (nSPS) is 18.1. The summed E-state index contributed by atoms with van der Waals surface area (Å²) in [5.74, 6) is -0.277. The van der Waals surface area contributed by atoms with E-state index >= 15 is 4.39 Å². The molecule has 2 aromatic rings. The molecular weight excluding hydrogens is 421 g/mol. The van der Waals surface area contributed by atoms with Gasteiger partial charge in [-0.25, -0.2) is 9.07 Å². The molecule has 0 N–H and O–H groups in total. The molecule has 31 heavy (non-hydrogen) atoms. The Labute approximate surface area is 185 Å². The number of ether oxygens (including phenoxy) is 1. The van der Waals surface area contributed by atoms with Crippen LogP contribution in [0.1, 0.15) is 40.0 Å². The van der Waals surface area contributed by atoms with Gasteiger partial charge >= 0.3 is 0 Å². The zero-order chi connectivity index (χ0) is 22.4. The summed E-state index contributed by atoms with van der Waals surface area (Å²) >= 11 is 6.52. The second-order valence-corrected chi connectivity index (χ2v) is 9.20. The Morgan fingerprint density at radius 3 is 2.55 bits per heavy atom. The first-order valence-corrected chi connectivity index (χ1v) is 11.0. The van der Waals surface area contributed by atoms with E-state index in [1.165, 1.54) is 12.1 Å². The lowest BCUT2D eigenvalue weighted by atomic mass is 10.0. The molecule has 0 saturated carbocycles. The van der Waals surface area contributed by atoms with E-state index in [0.29, 0.717) is 25.2 Å². The molecule has 0 bridgehead atoms. The summed E-state index contributed by atoms with van der Waals surface area (Å²) in [6.07, 6.45) is 1.62. The maximum atomic E-state index is 15.2. The smallest absolute Gasteiger partial charge is 0.276 e. The summed E-state index contributed by atoms with van der Waals surface area (Å²) in [5.41, 5.74) is 1.09. The number of amides is 1. The van der Waals surface area contributed by atoms with Crippen LogP contribution in [0, 0.1) is 11.7 Å². The van der Waals surface area contributed by atoms with E-state index in [-0.39, 0.29) is 46.0 Å². The molecule has 0 spiro atoms. The van der Waals surface area contributed by atoms with Crippen molar-refractivity contribution in [3.63, 3.8) is 0 Å². The van der Waals surface area contributed by atoms with Gasteiger partial charge in [-0.1, -0.05) is 37.6 Å². The number of fused-ring (bicyclic) bond motifs is 2. The first-order chi connectivity index (χ1) is 14.7. The summed E-state index contributed by atoms with van der Waals surface area (Å²) in [5, 5.41) is 0.218. The van der Waals surface area contributed by atoms with Crippen molar-refractivity contribution < 1.29 is 13.9 Å². The van der Waals surface area contributed by atoms with Crippen LogP contribution in [0.15, 0.2) is 29.1 Å². The SMILES string of the molecule is C=C(C)CN1C(=O)C(CC(C)C)Oc2cc(F)c(-c3c(Cl)n4n(c3=O)CCCC4)cc21. The number of halogens is 2. The molecule has 1 unspecified atom stereocenters. The van der Waals surface area contributed by atoms with Crippen LogP contribution in [0.5, 0.6) is 5.75 Å². The predicted octanol–water partition coefficient (Wildman–Crippen LogP) is 4.62. The maximum absolute atomic E-state index is 15.2. The van der Waals surface area contributed by atoms with Crippen LogP contribution < -0.4 is 15.2 Å². The third-order valence-corrected chi connectivity index (χ3v) is 6.08. The summed E-state index contributed by atoms with van der Waals surface area (Å²) in [6, 6.07) is 2.76. The molecule has 166 valence electrons. The number of aromatic nitrogens is 2. The van der Waals surface area contributed by atoms with Crippen molar-refractivity contribution in [2.45, 2.75) is 59.2 Å². The molecule has 1 aromatic carbocycles. The molecule has 0 radical (unpaired) electrons. The minimum Gasteiger partial charge on any atom is -0.478 e. The van der Waals surface area contributed by atoms with Crippen LogP contribution in [-0.2, 0) is 17.9 Å². The molecule has 1 atom stereocenters. The zero-order valence-electron chi connectivity index (χ0n) is 18.1. The van der Waals surface area contributed by atoms with Crippen molar-refractivity contribution in [1.29, 1.82) is 0 Å². The van der Waals surface area contributed by atoms with Gasteiger partial charge in [0.15, 0.2) is 6.10 Å². The van der Waals surface area contributed by atoms with Crippen molar-refractivity contribution in [1.82, 2.24) is 9.36 Å². The Hall–Kier alpha value is -2.54. The number of rotatable bonds is 5. The molecule has 0 aliphatic carbocycles. The minimum absolute atomic E-state index is 0.0774. The van der Waals surface area contributed by atoms with Crippen LogP contribution >= 0.6 is 11.6 Å². The van der Waals surface area contributed by atoms with Gasteiger partial charge in [0, 0.05) is 31.3 Å². The topological polar surface area (TPSA) is 56.5 Å². The highest BCUT2D eigenvalue weighted by molar-refractivity contribution is 6.32. The Morgan fingerprint density at radius 2 is 1.94 bits per heavy atom. The van der Waals surface area contributed by atoms with E-state index in [1.807, 2.05) is 20.8 Å². The average molecular weight is 448 g/mol. The minimum atomic E-state index is -0.687. The van der Waals surface area contributed by atoms with Gasteiger partial charge in [-0.05, 0) is 38.2 Å². The molecule has 1 aromatic heterocycles. The molecule has 0 fully saturated rings. The lowest BCUT2D eigenvalue weighted by molar-refractivity contribution is -0.126. The predicted molar refractivity (Wildman–Crippen MR) is 119 cm³/mol. The molecular formula is C23H27ClFN3O3. The van der Waals surface area contributed by atoms with Gasteiger partial charge in [-0.2, -0.15) is 0 Å². The van der Waals surface area contributed by atoms with E-state index in [0.717, 1.165) is 18.4 Å². The summed E-state index contributed by atoms with van der Waals surface area (Å²) in [4.78, 5) is 27.7. The Balaban J connectivity index is 1.86. The van der Waals surface area contributed by atoms with Crippen LogP contribution in [0.25, 0.3) is 11.1 Å². The van der Waals surface area contributed by atoms with Gasteiger partial charge in [0.2, 0.25) is 0 Å². The fraction of sp³-hybridized carbons (Fsp3) is 0.478. The van der Waals surface area contributed by atoms with E-state index in [1.54, 1.807) is 14.3 Å². The summed E-state index contributed by atoms with van der Waals surface area (Å²) in [6.45, 7) is 11.2. The van der Waals surface area contributed by atoms with Gasteiger partial charge < -0.3 is 9.64 Å². The number of carbonyl (C=O) groups is 1. The molecule has 8 heteroatoms. The van der Waals surface area contributed by atoms with Crippen molar-refractivity contribution >= 4 is 23.2 Å². The lowest BCUT2D eigenvalue weighted by Gasteiger charge is -2.35. The Morgan fingerprint density at radius 1 is 1.26 bits per heavy atom. The average Bonchev–Trinajstić information content (AvgIpc) is 2.95. The Bertz CT molecular complexity index is 1120.